The average Bonchev–Trinajstić information content (AvgIpc) is 2.87. The van der Waals surface area contributed by atoms with Gasteiger partial charge in [0.2, 0.25) is 0 Å². The number of aliphatic hydroxyl groups excluding tert-OH is 1. The summed E-state index contributed by atoms with van der Waals surface area (Å²) in [6.07, 6.45) is -0.473. The van der Waals surface area contributed by atoms with Gasteiger partial charge >= 0.3 is 0 Å². The van der Waals surface area contributed by atoms with E-state index in [1.165, 1.54) is 0 Å². The van der Waals surface area contributed by atoms with Crippen LogP contribution in [-0.2, 0) is 0 Å². The van der Waals surface area contributed by atoms with E-state index < -0.39 is 6.10 Å². The first-order valence-electron chi connectivity index (χ1n) is 7.74. The molecular formula is C16H23N3O2S. The predicted octanol–water partition coefficient (Wildman–Crippen LogP) is 1.64. The number of nitrogens with zero attached hydrogens (tertiary/aromatic N) is 2. The maximum atomic E-state index is 10.2. The largest absolute Gasteiger partial charge is 0.491 e. The number of thiazole rings is 1. The van der Waals surface area contributed by atoms with E-state index in [9.17, 15) is 5.11 Å². The molecule has 0 radical (unpaired) electrons. The van der Waals surface area contributed by atoms with Crippen LogP contribution in [0.1, 0.15) is 11.9 Å². The third kappa shape index (κ3) is 3.76. The van der Waals surface area contributed by atoms with Crippen molar-refractivity contribution in [3.63, 3.8) is 0 Å². The van der Waals surface area contributed by atoms with Gasteiger partial charge in [-0.1, -0.05) is 0 Å². The lowest BCUT2D eigenvalue weighted by atomic mass is 10.2. The van der Waals surface area contributed by atoms with Gasteiger partial charge in [-0.2, -0.15) is 0 Å². The molecule has 1 unspecified atom stereocenters. The molecule has 0 saturated carbocycles. The zero-order valence-electron chi connectivity index (χ0n) is 13.1. The van der Waals surface area contributed by atoms with Gasteiger partial charge in [-0.05, 0) is 32.0 Å². The molecule has 3 rings (SSSR count). The standard InChI is InChI=1S/C16H23N3O2S/c1-11-8-17-5-6-19(11)9-13(20)10-21-14-3-4-15-16(7-14)22-12(2)18-15/h3-4,7,11,13,17,20H,5-6,8-10H2,1-2H3/t11-,13?/m0/s1. The summed E-state index contributed by atoms with van der Waals surface area (Å²) >= 11 is 1.66. The van der Waals surface area contributed by atoms with Crippen LogP contribution in [0.25, 0.3) is 10.2 Å². The fourth-order valence-electron chi connectivity index (χ4n) is 2.78. The highest BCUT2D eigenvalue weighted by molar-refractivity contribution is 7.18. The quantitative estimate of drug-likeness (QED) is 0.877. The minimum Gasteiger partial charge on any atom is -0.491 e. The van der Waals surface area contributed by atoms with Crippen LogP contribution < -0.4 is 10.1 Å². The second-order valence-electron chi connectivity index (χ2n) is 5.88. The number of piperazine rings is 1. The number of aromatic nitrogens is 1. The monoisotopic (exact) mass is 321 g/mol. The highest BCUT2D eigenvalue weighted by Gasteiger charge is 2.20. The Kier molecular flexibility index (Phi) is 4.93. The zero-order chi connectivity index (χ0) is 15.5. The van der Waals surface area contributed by atoms with E-state index in [2.05, 4.69) is 22.1 Å². The summed E-state index contributed by atoms with van der Waals surface area (Å²) in [7, 11) is 0. The third-order valence-corrected chi connectivity index (χ3v) is 4.93. The molecule has 5 nitrogen and oxygen atoms in total. The minimum absolute atomic E-state index is 0.319. The van der Waals surface area contributed by atoms with Crippen molar-refractivity contribution >= 4 is 21.6 Å². The summed E-state index contributed by atoms with van der Waals surface area (Å²) in [5.41, 5.74) is 1.00. The second-order valence-corrected chi connectivity index (χ2v) is 7.11. The molecular weight excluding hydrogens is 298 g/mol. The number of aliphatic hydroxyl groups is 1. The third-order valence-electron chi connectivity index (χ3n) is 3.99. The van der Waals surface area contributed by atoms with Gasteiger partial charge in [0, 0.05) is 32.2 Å². The zero-order valence-corrected chi connectivity index (χ0v) is 13.9. The molecule has 2 aromatic rings. The van der Waals surface area contributed by atoms with Crippen molar-refractivity contribution in [1.29, 1.82) is 0 Å². The minimum atomic E-state index is -0.473. The lowest BCUT2D eigenvalue weighted by Crippen LogP contribution is -2.52. The maximum absolute atomic E-state index is 10.2. The Morgan fingerprint density at radius 2 is 2.41 bits per heavy atom. The first-order chi connectivity index (χ1) is 10.6. The first kappa shape index (κ1) is 15.7. The summed E-state index contributed by atoms with van der Waals surface area (Å²) in [4.78, 5) is 6.74. The van der Waals surface area contributed by atoms with Crippen molar-refractivity contribution in [2.45, 2.75) is 26.0 Å². The molecule has 1 saturated heterocycles. The number of ether oxygens (including phenoxy) is 1. The molecule has 2 heterocycles. The van der Waals surface area contributed by atoms with Crippen molar-refractivity contribution in [3.8, 4) is 5.75 Å². The smallest absolute Gasteiger partial charge is 0.121 e. The van der Waals surface area contributed by atoms with Crippen LogP contribution in [0.5, 0.6) is 5.75 Å². The Morgan fingerprint density at radius 1 is 1.55 bits per heavy atom. The molecule has 1 fully saturated rings. The van der Waals surface area contributed by atoms with Gasteiger partial charge in [-0.15, -0.1) is 11.3 Å². The van der Waals surface area contributed by atoms with Gasteiger partial charge in [-0.25, -0.2) is 4.98 Å². The van der Waals surface area contributed by atoms with E-state index in [4.69, 9.17) is 4.74 Å². The van der Waals surface area contributed by atoms with Crippen LogP contribution in [0, 0.1) is 6.92 Å². The van der Waals surface area contributed by atoms with E-state index in [-0.39, 0.29) is 0 Å². The predicted molar refractivity (Wildman–Crippen MR) is 89.8 cm³/mol. The van der Waals surface area contributed by atoms with Crippen molar-refractivity contribution in [2.24, 2.45) is 0 Å². The van der Waals surface area contributed by atoms with Crippen LogP contribution in [0.4, 0.5) is 0 Å². The molecule has 0 spiro atoms. The number of β-amino-alcohol motifs (C(OH)–C–C–N with tert-alkyl or cyclic N) is 1. The van der Waals surface area contributed by atoms with Gasteiger partial charge in [0.25, 0.3) is 0 Å². The number of hydrogen-bond donors (Lipinski definition) is 2. The Bertz CT molecular complexity index is 631. The van der Waals surface area contributed by atoms with Crippen molar-refractivity contribution < 1.29 is 9.84 Å². The van der Waals surface area contributed by atoms with Crippen LogP contribution in [0.15, 0.2) is 18.2 Å². The summed E-state index contributed by atoms with van der Waals surface area (Å²) in [5.74, 6) is 0.795. The van der Waals surface area contributed by atoms with Gasteiger partial charge in [0.15, 0.2) is 0 Å². The molecule has 1 aromatic heterocycles. The van der Waals surface area contributed by atoms with Crippen molar-refractivity contribution in [2.75, 3.05) is 32.8 Å². The molecule has 0 bridgehead atoms. The molecule has 6 heteroatoms. The molecule has 0 amide bonds. The number of nitrogens with one attached hydrogen (secondary N) is 1. The van der Waals surface area contributed by atoms with E-state index in [1.54, 1.807) is 11.3 Å². The van der Waals surface area contributed by atoms with Gasteiger partial charge in [-0.3, -0.25) is 4.90 Å². The lowest BCUT2D eigenvalue weighted by Gasteiger charge is -2.35. The van der Waals surface area contributed by atoms with E-state index in [0.717, 1.165) is 40.6 Å². The van der Waals surface area contributed by atoms with Crippen molar-refractivity contribution in [1.82, 2.24) is 15.2 Å². The normalized spacial score (nSPS) is 21.1. The van der Waals surface area contributed by atoms with Crippen LogP contribution in [0.3, 0.4) is 0 Å². The van der Waals surface area contributed by atoms with Crippen LogP contribution >= 0.6 is 11.3 Å². The topological polar surface area (TPSA) is 57.6 Å². The summed E-state index contributed by atoms with van der Waals surface area (Å²) in [6.45, 7) is 8.10. The van der Waals surface area contributed by atoms with Gasteiger partial charge in [0.05, 0.1) is 15.2 Å². The Hall–Kier alpha value is -1.21. The molecule has 2 atom stereocenters. The lowest BCUT2D eigenvalue weighted by molar-refractivity contribution is 0.0478. The number of rotatable bonds is 5. The van der Waals surface area contributed by atoms with Crippen molar-refractivity contribution in [3.05, 3.63) is 23.2 Å². The Balaban J connectivity index is 1.53. The van der Waals surface area contributed by atoms with Crippen LogP contribution in [0.2, 0.25) is 0 Å². The molecule has 1 aliphatic rings. The fourth-order valence-corrected chi connectivity index (χ4v) is 3.64. The Labute approximate surface area is 134 Å². The molecule has 1 aromatic carbocycles. The summed E-state index contributed by atoms with van der Waals surface area (Å²) in [6, 6.07) is 6.35. The molecule has 0 aliphatic carbocycles. The van der Waals surface area contributed by atoms with E-state index in [1.807, 2.05) is 25.1 Å². The summed E-state index contributed by atoms with van der Waals surface area (Å²) < 4.78 is 6.87. The Morgan fingerprint density at radius 3 is 3.23 bits per heavy atom. The van der Waals surface area contributed by atoms with Crippen LogP contribution in [-0.4, -0.2) is 59.9 Å². The van der Waals surface area contributed by atoms with E-state index in [0.29, 0.717) is 19.2 Å². The second kappa shape index (κ2) is 6.91. The van der Waals surface area contributed by atoms with Gasteiger partial charge < -0.3 is 15.2 Å². The highest BCUT2D eigenvalue weighted by Crippen LogP contribution is 2.26. The number of aryl methyl sites for hydroxylation is 1. The SMILES string of the molecule is Cc1nc2ccc(OCC(O)CN3CCNC[C@@H]3C)cc2s1. The average molecular weight is 321 g/mol. The fraction of sp³-hybridized carbons (Fsp3) is 0.562. The maximum Gasteiger partial charge on any atom is 0.121 e. The molecule has 2 N–H and O–H groups in total. The van der Waals surface area contributed by atoms with Gasteiger partial charge in [0.1, 0.15) is 18.5 Å². The molecule has 1 aliphatic heterocycles. The van der Waals surface area contributed by atoms with E-state index >= 15 is 0 Å². The number of hydrogen-bond acceptors (Lipinski definition) is 6. The molecule has 22 heavy (non-hydrogen) atoms. The number of benzene rings is 1. The molecule has 120 valence electrons. The first-order valence-corrected chi connectivity index (χ1v) is 8.56. The summed E-state index contributed by atoms with van der Waals surface area (Å²) in [5, 5.41) is 14.6. The highest BCUT2D eigenvalue weighted by atomic mass is 32.1. The number of fused-ring (bicyclic) bond motifs is 1.